The summed E-state index contributed by atoms with van der Waals surface area (Å²) < 4.78 is 0. The molecule has 2 nitrogen and oxygen atoms in total. The van der Waals surface area contributed by atoms with Gasteiger partial charge in [0.15, 0.2) is 5.78 Å². The van der Waals surface area contributed by atoms with Gasteiger partial charge in [0.2, 0.25) is 0 Å². The summed E-state index contributed by atoms with van der Waals surface area (Å²) in [6.07, 6.45) is 9.72. The molecular formula is C32H43NO. The zero-order valence-electron chi connectivity index (χ0n) is 22.4. The summed E-state index contributed by atoms with van der Waals surface area (Å²) in [4.78, 5) is 16.9. The molecule has 0 heterocycles. The van der Waals surface area contributed by atoms with Gasteiger partial charge in [-0.15, -0.1) is 0 Å². The predicted octanol–water partition coefficient (Wildman–Crippen LogP) is 8.68. The van der Waals surface area contributed by atoms with Crippen molar-refractivity contribution in [2.75, 3.05) is 7.05 Å². The smallest absolute Gasteiger partial charge is 0.163 e. The number of carbonyl (C=O) groups is 1. The number of ketones is 1. The molecule has 182 valence electrons. The van der Waals surface area contributed by atoms with Gasteiger partial charge in [0, 0.05) is 24.7 Å². The highest BCUT2D eigenvalue weighted by Gasteiger charge is 2.25. The normalized spacial score (nSPS) is 15.2. The Labute approximate surface area is 207 Å². The van der Waals surface area contributed by atoms with Crippen LogP contribution in [0.3, 0.4) is 0 Å². The first-order valence-electron chi connectivity index (χ1n) is 13.2. The van der Waals surface area contributed by atoms with Gasteiger partial charge in [0.05, 0.1) is 0 Å². The van der Waals surface area contributed by atoms with Gasteiger partial charge in [0.25, 0.3) is 0 Å². The van der Waals surface area contributed by atoms with Crippen LogP contribution in [0.5, 0.6) is 0 Å². The number of benzene rings is 2. The third-order valence-corrected chi connectivity index (χ3v) is 8.00. The number of hydrogen-bond acceptors (Lipinski definition) is 2. The molecule has 0 fully saturated rings. The third-order valence-electron chi connectivity index (χ3n) is 8.00. The standard InChI is InChI=1S/C32H43NO/c1-8-25(9-2)21(3)11-10-12-26-15-16-28-29(17-18-31(28)34)32(26)30-20-27(14-13-22(30)4)23(5)19-24(6)33-7/h13-16,19-21,25H,8-12,17-18H2,1-7H3/b23-19+,33-24?. The molecule has 0 bridgehead atoms. The highest BCUT2D eigenvalue weighted by molar-refractivity contribution is 6.03. The second-order valence-corrected chi connectivity index (χ2v) is 10.2. The molecule has 34 heavy (non-hydrogen) atoms. The van der Waals surface area contributed by atoms with Crippen LogP contribution >= 0.6 is 0 Å². The molecule has 0 aromatic heterocycles. The molecule has 0 radical (unpaired) electrons. The molecule has 0 aliphatic heterocycles. The Bertz CT molecular complexity index is 1080. The van der Waals surface area contributed by atoms with Crippen LogP contribution in [-0.2, 0) is 12.8 Å². The average molecular weight is 458 g/mol. The van der Waals surface area contributed by atoms with Crippen LogP contribution in [0.4, 0.5) is 0 Å². The van der Waals surface area contributed by atoms with E-state index in [0.29, 0.717) is 12.2 Å². The van der Waals surface area contributed by atoms with E-state index in [1.807, 2.05) is 14.0 Å². The molecule has 0 saturated heterocycles. The first-order valence-corrected chi connectivity index (χ1v) is 13.2. The first-order chi connectivity index (χ1) is 16.3. The van der Waals surface area contributed by atoms with E-state index in [0.717, 1.165) is 36.0 Å². The summed E-state index contributed by atoms with van der Waals surface area (Å²) in [6, 6.07) is 11.1. The van der Waals surface area contributed by atoms with Crippen molar-refractivity contribution in [1.82, 2.24) is 0 Å². The fourth-order valence-corrected chi connectivity index (χ4v) is 5.68. The van der Waals surface area contributed by atoms with E-state index < -0.39 is 0 Å². The van der Waals surface area contributed by atoms with Crippen LogP contribution in [0.1, 0.15) is 99.3 Å². The number of fused-ring (bicyclic) bond motifs is 1. The van der Waals surface area contributed by atoms with E-state index in [1.165, 1.54) is 64.6 Å². The zero-order valence-corrected chi connectivity index (χ0v) is 22.4. The fourth-order valence-electron chi connectivity index (χ4n) is 5.68. The number of aliphatic imine (C=N–C) groups is 1. The summed E-state index contributed by atoms with van der Waals surface area (Å²) in [6.45, 7) is 13.5. The van der Waals surface area contributed by atoms with Crippen molar-refractivity contribution >= 4 is 17.1 Å². The zero-order chi connectivity index (χ0) is 24.8. The molecule has 0 amide bonds. The van der Waals surface area contributed by atoms with Gasteiger partial charge < -0.3 is 0 Å². The van der Waals surface area contributed by atoms with Gasteiger partial charge in [-0.2, -0.15) is 0 Å². The summed E-state index contributed by atoms with van der Waals surface area (Å²) in [5, 5.41) is 0. The lowest BCUT2D eigenvalue weighted by Gasteiger charge is -2.22. The lowest BCUT2D eigenvalue weighted by molar-refractivity contribution is 0.0994. The summed E-state index contributed by atoms with van der Waals surface area (Å²) in [5.41, 5.74) is 11.0. The van der Waals surface area contributed by atoms with Gasteiger partial charge in [-0.3, -0.25) is 9.79 Å². The first kappa shape index (κ1) is 26.1. The van der Waals surface area contributed by atoms with Gasteiger partial charge in [0.1, 0.15) is 0 Å². The summed E-state index contributed by atoms with van der Waals surface area (Å²) >= 11 is 0. The highest BCUT2D eigenvalue weighted by atomic mass is 16.1. The number of allylic oxidation sites excluding steroid dienone is 2. The highest BCUT2D eigenvalue weighted by Crippen LogP contribution is 2.39. The molecule has 2 aromatic carbocycles. The van der Waals surface area contributed by atoms with Crippen LogP contribution in [-0.4, -0.2) is 18.5 Å². The van der Waals surface area contributed by atoms with Crippen molar-refractivity contribution in [1.29, 1.82) is 0 Å². The largest absolute Gasteiger partial charge is 0.294 e. The van der Waals surface area contributed by atoms with Crippen LogP contribution < -0.4 is 0 Å². The van der Waals surface area contributed by atoms with Crippen LogP contribution in [0, 0.1) is 18.8 Å². The molecule has 1 unspecified atom stereocenters. The molecule has 1 atom stereocenters. The number of rotatable bonds is 10. The molecule has 2 aromatic rings. The minimum Gasteiger partial charge on any atom is -0.294 e. The Hall–Kier alpha value is -2.48. The number of carbonyl (C=O) groups excluding carboxylic acids is 1. The number of aryl methyl sites for hydroxylation is 2. The fraction of sp³-hybridized carbons (Fsp3) is 0.500. The van der Waals surface area contributed by atoms with E-state index in [2.05, 4.69) is 76.0 Å². The second-order valence-electron chi connectivity index (χ2n) is 10.2. The van der Waals surface area contributed by atoms with E-state index in [1.54, 1.807) is 0 Å². The second kappa shape index (κ2) is 11.8. The van der Waals surface area contributed by atoms with Crippen LogP contribution in [0.25, 0.3) is 16.7 Å². The van der Waals surface area contributed by atoms with Crippen molar-refractivity contribution < 1.29 is 4.79 Å². The summed E-state index contributed by atoms with van der Waals surface area (Å²) in [5.74, 6) is 1.88. The number of hydrogen-bond donors (Lipinski definition) is 0. The Morgan fingerprint density at radius 2 is 1.79 bits per heavy atom. The topological polar surface area (TPSA) is 29.4 Å². The van der Waals surface area contributed by atoms with E-state index in [4.69, 9.17) is 0 Å². The van der Waals surface area contributed by atoms with Crippen molar-refractivity contribution in [3.8, 4) is 11.1 Å². The Kier molecular flexibility index (Phi) is 9.05. The molecule has 0 spiro atoms. The van der Waals surface area contributed by atoms with Crippen molar-refractivity contribution in [2.24, 2.45) is 16.8 Å². The van der Waals surface area contributed by atoms with Crippen LogP contribution in [0.15, 0.2) is 41.4 Å². The molecule has 3 rings (SSSR count). The van der Waals surface area contributed by atoms with Crippen molar-refractivity contribution in [3.63, 3.8) is 0 Å². The molecular weight excluding hydrogens is 414 g/mol. The maximum absolute atomic E-state index is 12.6. The van der Waals surface area contributed by atoms with Crippen molar-refractivity contribution in [2.45, 2.75) is 86.5 Å². The lowest BCUT2D eigenvalue weighted by atomic mass is 9.83. The van der Waals surface area contributed by atoms with Gasteiger partial charge in [-0.1, -0.05) is 64.3 Å². The Morgan fingerprint density at radius 3 is 2.47 bits per heavy atom. The van der Waals surface area contributed by atoms with E-state index in [9.17, 15) is 4.79 Å². The summed E-state index contributed by atoms with van der Waals surface area (Å²) in [7, 11) is 1.83. The van der Waals surface area contributed by atoms with Crippen molar-refractivity contribution in [3.05, 3.63) is 64.2 Å². The maximum atomic E-state index is 12.6. The molecule has 1 aliphatic rings. The minimum absolute atomic E-state index is 0.296. The maximum Gasteiger partial charge on any atom is 0.163 e. The predicted molar refractivity (Wildman–Crippen MR) is 148 cm³/mol. The molecule has 0 saturated carbocycles. The Balaban J connectivity index is 2.01. The molecule has 2 heteroatoms. The average Bonchev–Trinajstić information content (AvgIpc) is 3.20. The molecule has 1 aliphatic carbocycles. The molecule has 0 N–H and O–H groups in total. The van der Waals surface area contributed by atoms with E-state index >= 15 is 0 Å². The number of nitrogens with zero attached hydrogens (tertiary/aromatic N) is 1. The lowest BCUT2D eigenvalue weighted by Crippen LogP contribution is -2.10. The third kappa shape index (κ3) is 5.77. The van der Waals surface area contributed by atoms with Crippen LogP contribution in [0.2, 0.25) is 0 Å². The SMILES string of the molecule is CCC(CC)C(C)CCCc1ccc2c(c1-c1cc(/C(C)=C/C(C)=NC)ccc1C)CCC2=O. The quantitative estimate of drug-likeness (QED) is 0.328. The monoisotopic (exact) mass is 457 g/mol. The van der Waals surface area contributed by atoms with E-state index in [-0.39, 0.29) is 0 Å². The minimum atomic E-state index is 0.296. The van der Waals surface area contributed by atoms with Gasteiger partial charge >= 0.3 is 0 Å². The van der Waals surface area contributed by atoms with Gasteiger partial charge in [-0.25, -0.2) is 0 Å². The Morgan fingerprint density at radius 1 is 1.06 bits per heavy atom. The number of Topliss-reactive ketones (excluding diaryl/α,β-unsaturated/α-hetero) is 1. The van der Waals surface area contributed by atoms with Gasteiger partial charge in [-0.05, 0) is 103 Å².